The second kappa shape index (κ2) is 8.93. The molecule has 0 bridgehead atoms. The number of anilines is 2. The Labute approximate surface area is 184 Å². The Bertz CT molecular complexity index is 975. The van der Waals surface area contributed by atoms with Gasteiger partial charge in [-0.1, -0.05) is 47.5 Å². The van der Waals surface area contributed by atoms with Crippen LogP contribution in [0.25, 0.3) is 0 Å². The Morgan fingerprint density at radius 1 is 1.00 bits per heavy atom. The Morgan fingerprint density at radius 2 is 1.70 bits per heavy atom. The van der Waals surface area contributed by atoms with Crippen molar-refractivity contribution in [2.24, 2.45) is 4.99 Å². The van der Waals surface area contributed by atoms with Gasteiger partial charge in [-0.05, 0) is 24.3 Å². The molecule has 2 heterocycles. The van der Waals surface area contributed by atoms with Crippen LogP contribution in [0.15, 0.2) is 53.5 Å². The number of nitrogens with one attached hydrogen (secondary N) is 2. The Balaban J connectivity index is 1.43. The lowest BCUT2D eigenvalue weighted by molar-refractivity contribution is -0.125. The molecule has 0 unspecified atom stereocenters. The maximum atomic E-state index is 12.7. The largest absolute Gasteiger partial charge is 0.368 e. The number of hydrogen-bond donors (Lipinski definition) is 2. The summed E-state index contributed by atoms with van der Waals surface area (Å²) < 4.78 is 0. The number of aliphatic imine (C=N–C) groups is 1. The van der Waals surface area contributed by atoms with Crippen LogP contribution in [-0.4, -0.2) is 54.9 Å². The molecule has 1 atom stereocenters. The zero-order valence-electron chi connectivity index (χ0n) is 16.1. The summed E-state index contributed by atoms with van der Waals surface area (Å²) in [6.45, 7) is 2.99. The van der Waals surface area contributed by atoms with Gasteiger partial charge in [0.15, 0.2) is 0 Å². The van der Waals surface area contributed by atoms with Crippen molar-refractivity contribution in [2.45, 2.75) is 12.5 Å². The molecule has 2 aromatic carbocycles. The van der Waals surface area contributed by atoms with Crippen LogP contribution in [0.2, 0.25) is 10.0 Å². The lowest BCUT2D eigenvalue weighted by Crippen LogP contribution is -2.56. The molecule has 1 saturated heterocycles. The van der Waals surface area contributed by atoms with E-state index in [1.165, 1.54) is 5.69 Å². The minimum Gasteiger partial charge on any atom is -0.368 e. The molecule has 0 saturated carbocycles. The molecule has 0 aromatic heterocycles. The highest BCUT2D eigenvalue weighted by Crippen LogP contribution is 2.30. The van der Waals surface area contributed by atoms with Crippen LogP contribution in [0.4, 0.5) is 11.4 Å². The van der Waals surface area contributed by atoms with Gasteiger partial charge >= 0.3 is 0 Å². The van der Waals surface area contributed by atoms with E-state index in [0.717, 1.165) is 13.1 Å². The van der Waals surface area contributed by atoms with E-state index in [-0.39, 0.29) is 17.4 Å². The highest BCUT2D eigenvalue weighted by atomic mass is 35.5. The first-order chi connectivity index (χ1) is 14.5. The average molecular weight is 446 g/mol. The molecular formula is C21H21Cl2N5O2. The quantitative estimate of drug-likeness (QED) is 0.760. The minimum absolute atomic E-state index is 0.0164. The van der Waals surface area contributed by atoms with E-state index in [1.54, 1.807) is 18.2 Å². The van der Waals surface area contributed by atoms with Crippen molar-refractivity contribution in [2.75, 3.05) is 36.4 Å². The van der Waals surface area contributed by atoms with E-state index in [4.69, 9.17) is 23.2 Å². The molecule has 2 aromatic rings. The molecule has 2 aliphatic heterocycles. The second-order valence-corrected chi connectivity index (χ2v) is 7.91. The molecule has 0 aliphatic carbocycles. The fourth-order valence-corrected chi connectivity index (χ4v) is 3.87. The molecular weight excluding hydrogens is 425 g/mol. The first kappa shape index (κ1) is 20.5. The molecule has 30 heavy (non-hydrogen) atoms. The summed E-state index contributed by atoms with van der Waals surface area (Å²) in [5, 5.41) is 6.13. The Hall–Kier alpha value is -2.77. The number of halogens is 2. The maximum absolute atomic E-state index is 12.7. The monoisotopic (exact) mass is 445 g/mol. The summed E-state index contributed by atoms with van der Waals surface area (Å²) in [4.78, 5) is 33.7. The van der Waals surface area contributed by atoms with E-state index in [2.05, 4.69) is 32.7 Å². The zero-order valence-corrected chi connectivity index (χ0v) is 17.7. The molecule has 156 valence electrons. The second-order valence-electron chi connectivity index (χ2n) is 7.12. The van der Waals surface area contributed by atoms with Gasteiger partial charge in [0.25, 0.3) is 0 Å². The van der Waals surface area contributed by atoms with Crippen LogP contribution >= 0.6 is 23.2 Å². The highest BCUT2D eigenvalue weighted by molar-refractivity contribution is 6.44. The van der Waals surface area contributed by atoms with Crippen LogP contribution in [0.5, 0.6) is 0 Å². The predicted molar refractivity (Wildman–Crippen MR) is 119 cm³/mol. The van der Waals surface area contributed by atoms with Crippen molar-refractivity contribution < 1.29 is 9.59 Å². The number of guanidine groups is 1. The summed E-state index contributed by atoms with van der Waals surface area (Å²) in [7, 11) is 0. The van der Waals surface area contributed by atoms with Gasteiger partial charge in [-0.25, -0.2) is 4.99 Å². The van der Waals surface area contributed by atoms with Crippen LogP contribution < -0.4 is 15.5 Å². The number of para-hydroxylation sites is 1. The van der Waals surface area contributed by atoms with Crippen molar-refractivity contribution >= 4 is 52.4 Å². The number of piperazine rings is 1. The average Bonchev–Trinajstić information content (AvgIpc) is 2.77. The topological polar surface area (TPSA) is 77.0 Å². The highest BCUT2D eigenvalue weighted by Gasteiger charge is 2.31. The Morgan fingerprint density at radius 3 is 2.43 bits per heavy atom. The van der Waals surface area contributed by atoms with Crippen molar-refractivity contribution in [3.8, 4) is 0 Å². The van der Waals surface area contributed by atoms with Crippen LogP contribution in [0.1, 0.15) is 6.42 Å². The first-order valence-corrected chi connectivity index (χ1v) is 10.4. The number of rotatable bonds is 3. The van der Waals surface area contributed by atoms with Crippen LogP contribution in [0.3, 0.4) is 0 Å². The van der Waals surface area contributed by atoms with E-state index in [1.807, 2.05) is 23.1 Å². The summed E-state index contributed by atoms with van der Waals surface area (Å²) >= 11 is 12.1. The molecule has 2 N–H and O–H groups in total. The van der Waals surface area contributed by atoms with Crippen molar-refractivity contribution in [1.29, 1.82) is 0 Å². The third kappa shape index (κ3) is 4.52. The SMILES string of the molecule is O=C1C[C@H](C(=O)Nc2cccc(Cl)c2Cl)N=C(N2CCN(c3ccccc3)CC2)N1. The van der Waals surface area contributed by atoms with Gasteiger partial charge < -0.3 is 15.1 Å². The molecule has 7 nitrogen and oxygen atoms in total. The zero-order chi connectivity index (χ0) is 21.1. The third-order valence-electron chi connectivity index (χ3n) is 5.12. The van der Waals surface area contributed by atoms with Gasteiger partial charge in [-0.3, -0.25) is 14.9 Å². The number of amides is 2. The number of nitrogens with zero attached hydrogens (tertiary/aromatic N) is 3. The number of carbonyl (C=O) groups excluding carboxylic acids is 2. The van der Waals surface area contributed by atoms with Crippen LogP contribution in [0, 0.1) is 0 Å². The lowest BCUT2D eigenvalue weighted by atomic mass is 10.1. The normalized spacial score (nSPS) is 19.2. The molecule has 0 radical (unpaired) electrons. The summed E-state index contributed by atoms with van der Waals surface area (Å²) in [6.07, 6.45) is -0.0164. The number of carbonyl (C=O) groups is 2. The Kier molecular flexibility index (Phi) is 6.11. The van der Waals surface area contributed by atoms with Crippen molar-refractivity contribution in [3.05, 3.63) is 58.6 Å². The van der Waals surface area contributed by atoms with Gasteiger partial charge in [-0.2, -0.15) is 0 Å². The van der Waals surface area contributed by atoms with E-state index < -0.39 is 11.9 Å². The molecule has 2 aliphatic rings. The van der Waals surface area contributed by atoms with Crippen molar-refractivity contribution in [1.82, 2.24) is 10.2 Å². The molecule has 1 fully saturated rings. The molecule has 4 rings (SSSR count). The van der Waals surface area contributed by atoms with Gasteiger partial charge in [0.2, 0.25) is 17.8 Å². The van der Waals surface area contributed by atoms with E-state index >= 15 is 0 Å². The number of benzene rings is 2. The molecule has 9 heteroatoms. The van der Waals surface area contributed by atoms with E-state index in [9.17, 15) is 9.59 Å². The lowest BCUT2D eigenvalue weighted by Gasteiger charge is -2.38. The fourth-order valence-electron chi connectivity index (χ4n) is 3.52. The maximum Gasteiger partial charge on any atom is 0.249 e. The summed E-state index contributed by atoms with van der Waals surface area (Å²) in [6, 6.07) is 14.3. The third-order valence-corrected chi connectivity index (χ3v) is 5.94. The predicted octanol–water partition coefficient (Wildman–Crippen LogP) is 3.00. The van der Waals surface area contributed by atoms with E-state index in [0.29, 0.717) is 29.8 Å². The minimum atomic E-state index is -0.823. The molecule has 2 amide bonds. The van der Waals surface area contributed by atoms with Gasteiger partial charge in [0.1, 0.15) is 6.04 Å². The fraction of sp³-hybridized carbons (Fsp3) is 0.286. The number of hydrogen-bond acceptors (Lipinski definition) is 5. The van der Waals surface area contributed by atoms with Gasteiger partial charge in [0.05, 0.1) is 22.2 Å². The smallest absolute Gasteiger partial charge is 0.249 e. The van der Waals surface area contributed by atoms with Gasteiger partial charge in [-0.15, -0.1) is 0 Å². The summed E-state index contributed by atoms with van der Waals surface area (Å²) in [5.74, 6) is -0.187. The van der Waals surface area contributed by atoms with Crippen molar-refractivity contribution in [3.63, 3.8) is 0 Å². The first-order valence-electron chi connectivity index (χ1n) is 9.69. The summed E-state index contributed by atoms with van der Waals surface area (Å²) in [5.41, 5.74) is 1.57. The van der Waals surface area contributed by atoms with Crippen LogP contribution in [-0.2, 0) is 9.59 Å². The molecule has 0 spiro atoms. The van der Waals surface area contributed by atoms with Gasteiger partial charge in [0, 0.05) is 31.9 Å². The standard InChI is InChI=1S/C21H21Cl2N5O2/c22-15-7-4-8-16(19(15)23)24-20(30)17-13-18(29)26-21(25-17)28-11-9-27(10-12-28)14-5-2-1-3-6-14/h1-8,17H,9-13H2,(H,24,30)(H,25,26,29)/t17-/m1/s1.